The topological polar surface area (TPSA) is 61.8 Å². The zero-order valence-electron chi connectivity index (χ0n) is 11.1. The number of ether oxygens (including phenoxy) is 2. The van der Waals surface area contributed by atoms with E-state index in [9.17, 15) is 8.42 Å². The van der Waals surface area contributed by atoms with Crippen LogP contribution in [0.25, 0.3) is 0 Å². The Hall–Kier alpha value is -0.430. The van der Waals surface area contributed by atoms with Crippen LogP contribution in [0.1, 0.15) is 26.7 Å². The molecule has 0 N–H and O–H groups in total. The van der Waals surface area contributed by atoms with Crippen molar-refractivity contribution in [3.05, 3.63) is 11.1 Å². The molecule has 0 aliphatic heterocycles. The fourth-order valence-corrected chi connectivity index (χ4v) is 1.72. The first-order valence-corrected chi connectivity index (χ1v) is 7.23. The zero-order chi connectivity index (χ0) is 13.5. The van der Waals surface area contributed by atoms with Crippen LogP contribution in [0.3, 0.4) is 0 Å². The van der Waals surface area contributed by atoms with Crippen LogP contribution in [0.5, 0.6) is 0 Å². The Labute approximate surface area is 104 Å². The Kier molecular flexibility index (Phi) is 7.61. The molecule has 0 saturated carbocycles. The van der Waals surface area contributed by atoms with Crippen molar-refractivity contribution < 1.29 is 22.1 Å². The van der Waals surface area contributed by atoms with Crippen LogP contribution in [0, 0.1) is 0 Å². The molecule has 0 rings (SSSR count). The summed E-state index contributed by atoms with van der Waals surface area (Å²) >= 11 is 0. The minimum atomic E-state index is -3.40. The first-order chi connectivity index (χ1) is 7.84. The van der Waals surface area contributed by atoms with Gasteiger partial charge in [-0.05, 0) is 18.9 Å². The Morgan fingerprint density at radius 1 is 1.24 bits per heavy atom. The lowest BCUT2D eigenvalue weighted by molar-refractivity contribution is -0.100. The van der Waals surface area contributed by atoms with Gasteiger partial charge in [0, 0.05) is 20.6 Å². The minimum Gasteiger partial charge on any atom is -0.356 e. The van der Waals surface area contributed by atoms with Crippen molar-refractivity contribution in [2.75, 3.05) is 27.1 Å². The Morgan fingerprint density at radius 3 is 2.12 bits per heavy atom. The van der Waals surface area contributed by atoms with Crippen molar-refractivity contribution in [1.29, 1.82) is 0 Å². The predicted molar refractivity (Wildman–Crippen MR) is 66.2 cm³/mol. The van der Waals surface area contributed by atoms with E-state index < -0.39 is 10.1 Å². The molecule has 0 aromatic rings. The van der Waals surface area contributed by atoms with E-state index in [-0.39, 0.29) is 12.9 Å². The van der Waals surface area contributed by atoms with Crippen molar-refractivity contribution in [1.82, 2.24) is 0 Å². The SMILES string of the molecule is CC/C(COS(C)(=O)=O)=C(/C)CC(OC)OC. The molecule has 17 heavy (non-hydrogen) atoms. The maximum absolute atomic E-state index is 10.9. The van der Waals surface area contributed by atoms with E-state index in [1.54, 1.807) is 14.2 Å². The van der Waals surface area contributed by atoms with Gasteiger partial charge < -0.3 is 9.47 Å². The van der Waals surface area contributed by atoms with Crippen molar-refractivity contribution in [2.45, 2.75) is 33.0 Å². The number of methoxy groups -OCH3 is 2. The molecule has 6 heteroatoms. The highest BCUT2D eigenvalue weighted by atomic mass is 32.2. The van der Waals surface area contributed by atoms with E-state index in [4.69, 9.17) is 13.7 Å². The van der Waals surface area contributed by atoms with Crippen LogP contribution in [-0.4, -0.2) is 41.8 Å². The lowest BCUT2D eigenvalue weighted by Gasteiger charge is -2.16. The molecule has 0 atom stereocenters. The second-order valence-corrected chi connectivity index (χ2v) is 5.45. The highest BCUT2D eigenvalue weighted by Gasteiger charge is 2.11. The van der Waals surface area contributed by atoms with Crippen LogP contribution in [0.15, 0.2) is 11.1 Å². The molecule has 0 amide bonds. The van der Waals surface area contributed by atoms with Gasteiger partial charge in [0.05, 0.1) is 12.9 Å². The van der Waals surface area contributed by atoms with Gasteiger partial charge in [-0.25, -0.2) is 0 Å². The van der Waals surface area contributed by atoms with Crippen LogP contribution < -0.4 is 0 Å². The minimum absolute atomic E-state index is 0.0985. The average molecular weight is 266 g/mol. The molecule has 0 aromatic carbocycles. The quantitative estimate of drug-likeness (QED) is 0.380. The van der Waals surface area contributed by atoms with Crippen molar-refractivity contribution in [3.63, 3.8) is 0 Å². The van der Waals surface area contributed by atoms with E-state index in [1.807, 2.05) is 13.8 Å². The van der Waals surface area contributed by atoms with E-state index >= 15 is 0 Å². The summed E-state index contributed by atoms with van der Waals surface area (Å²) in [5.74, 6) is 0. The average Bonchev–Trinajstić information content (AvgIpc) is 2.25. The molecular weight excluding hydrogens is 244 g/mol. The Bertz CT molecular complexity index is 341. The number of rotatable bonds is 8. The van der Waals surface area contributed by atoms with E-state index in [1.165, 1.54) is 0 Å². The summed E-state index contributed by atoms with van der Waals surface area (Å²) in [7, 11) is -0.260. The van der Waals surface area contributed by atoms with Crippen molar-refractivity contribution in [2.24, 2.45) is 0 Å². The molecule has 0 bridgehead atoms. The van der Waals surface area contributed by atoms with Gasteiger partial charge in [0.1, 0.15) is 0 Å². The van der Waals surface area contributed by atoms with Crippen LogP contribution >= 0.6 is 0 Å². The molecule has 0 radical (unpaired) electrons. The van der Waals surface area contributed by atoms with E-state index in [2.05, 4.69) is 0 Å². The lowest BCUT2D eigenvalue weighted by Crippen LogP contribution is -2.15. The monoisotopic (exact) mass is 266 g/mol. The molecule has 102 valence electrons. The molecule has 0 fully saturated rings. The van der Waals surface area contributed by atoms with Gasteiger partial charge in [0.2, 0.25) is 0 Å². The fraction of sp³-hybridized carbons (Fsp3) is 0.818. The molecule has 0 aliphatic carbocycles. The molecule has 0 unspecified atom stereocenters. The summed E-state index contributed by atoms with van der Waals surface area (Å²) < 4.78 is 36.8. The molecule has 0 saturated heterocycles. The first-order valence-electron chi connectivity index (χ1n) is 5.41. The van der Waals surface area contributed by atoms with E-state index in [0.717, 1.165) is 23.8 Å². The highest BCUT2D eigenvalue weighted by molar-refractivity contribution is 7.85. The molecular formula is C11H22O5S. The Balaban J connectivity index is 4.58. The standard InChI is InChI=1S/C11H22O5S/c1-6-10(8-16-17(5,12)13)9(2)7-11(14-3)15-4/h11H,6-8H2,1-5H3/b10-9+. The first kappa shape index (κ1) is 16.6. The second-order valence-electron chi connectivity index (χ2n) is 3.81. The summed E-state index contributed by atoms with van der Waals surface area (Å²) in [6.45, 7) is 3.98. The third kappa shape index (κ3) is 7.49. The third-order valence-corrected chi connectivity index (χ3v) is 3.02. The van der Waals surface area contributed by atoms with Crippen molar-refractivity contribution >= 4 is 10.1 Å². The van der Waals surface area contributed by atoms with Gasteiger partial charge in [0.25, 0.3) is 10.1 Å². The molecule has 0 aromatic heterocycles. The van der Waals surface area contributed by atoms with Gasteiger partial charge in [-0.2, -0.15) is 8.42 Å². The predicted octanol–water partition coefficient (Wildman–Crippen LogP) is 1.70. The largest absolute Gasteiger partial charge is 0.356 e. The van der Waals surface area contributed by atoms with Crippen LogP contribution in [-0.2, 0) is 23.8 Å². The molecule has 0 spiro atoms. The lowest BCUT2D eigenvalue weighted by atomic mass is 10.1. The summed E-state index contributed by atoms with van der Waals surface area (Å²) in [4.78, 5) is 0. The fourth-order valence-electron chi connectivity index (χ4n) is 1.36. The number of hydrogen-bond acceptors (Lipinski definition) is 5. The number of hydrogen-bond donors (Lipinski definition) is 0. The molecule has 5 nitrogen and oxygen atoms in total. The molecule has 0 heterocycles. The normalized spacial score (nSPS) is 14.0. The summed E-state index contributed by atoms with van der Waals surface area (Å²) in [5.41, 5.74) is 1.99. The zero-order valence-corrected chi connectivity index (χ0v) is 12.0. The van der Waals surface area contributed by atoms with Gasteiger partial charge in [-0.15, -0.1) is 0 Å². The van der Waals surface area contributed by atoms with Crippen LogP contribution in [0.2, 0.25) is 0 Å². The third-order valence-electron chi connectivity index (χ3n) is 2.48. The Morgan fingerprint density at radius 2 is 1.76 bits per heavy atom. The maximum Gasteiger partial charge on any atom is 0.264 e. The summed E-state index contributed by atoms with van der Waals surface area (Å²) in [6, 6.07) is 0. The molecule has 0 aliphatic rings. The van der Waals surface area contributed by atoms with Crippen LogP contribution in [0.4, 0.5) is 0 Å². The summed E-state index contributed by atoms with van der Waals surface area (Å²) in [5, 5.41) is 0. The van der Waals surface area contributed by atoms with Gasteiger partial charge in [-0.3, -0.25) is 4.18 Å². The van der Waals surface area contributed by atoms with Gasteiger partial charge in [-0.1, -0.05) is 12.5 Å². The highest BCUT2D eigenvalue weighted by Crippen LogP contribution is 2.16. The smallest absolute Gasteiger partial charge is 0.264 e. The van der Waals surface area contributed by atoms with E-state index in [0.29, 0.717) is 6.42 Å². The summed E-state index contributed by atoms with van der Waals surface area (Å²) in [6.07, 6.45) is 2.07. The second kappa shape index (κ2) is 7.81. The van der Waals surface area contributed by atoms with Gasteiger partial charge in [0.15, 0.2) is 6.29 Å². The maximum atomic E-state index is 10.9. The van der Waals surface area contributed by atoms with Crippen molar-refractivity contribution in [3.8, 4) is 0 Å². The van der Waals surface area contributed by atoms with Gasteiger partial charge >= 0.3 is 0 Å².